The van der Waals surface area contributed by atoms with Crippen LogP contribution in [0.1, 0.15) is 154 Å². The fourth-order valence-corrected chi connectivity index (χ4v) is 17.1. The molecule has 2 aromatic carbocycles. The number of nitrogens with one attached hydrogen (secondary N) is 2. The van der Waals surface area contributed by atoms with Crippen molar-refractivity contribution in [2.45, 2.75) is 206 Å². The Labute approximate surface area is 646 Å². The predicted octanol–water partition coefficient (Wildman–Crippen LogP) is 10.6. The smallest absolute Gasteiger partial charge is 0.403 e. The van der Waals surface area contributed by atoms with E-state index in [9.17, 15) is 55.2 Å². The van der Waals surface area contributed by atoms with Gasteiger partial charge < -0.3 is 54.6 Å². The van der Waals surface area contributed by atoms with E-state index in [1.807, 2.05) is 119 Å². The number of Topliss-reactive ketones (excluding diaryl/α,β-unsaturated/α-hetero) is 2. The Bertz CT molecular complexity index is 4190. The maximum absolute atomic E-state index is 14.6. The number of methoxy groups -OCH3 is 2. The second-order valence-electron chi connectivity index (χ2n) is 33.2. The molecule has 6 aliphatic rings. The van der Waals surface area contributed by atoms with Gasteiger partial charge in [0.15, 0.2) is 31.2 Å². The lowest BCUT2D eigenvalue weighted by molar-refractivity contribution is -0.155. The molecular weight excluding hydrogens is 1480 g/mol. The molecule has 10 rings (SSSR count). The minimum absolute atomic E-state index is 0. The van der Waals surface area contributed by atoms with Gasteiger partial charge >= 0.3 is 11.4 Å². The van der Waals surface area contributed by atoms with Crippen molar-refractivity contribution in [1.82, 2.24) is 30.4 Å². The molecule has 4 aliphatic carbocycles. The van der Waals surface area contributed by atoms with E-state index in [-0.39, 0.29) is 87.4 Å². The number of benzene rings is 2. The van der Waals surface area contributed by atoms with Crippen LogP contribution in [0.2, 0.25) is 0 Å². The van der Waals surface area contributed by atoms with E-state index < -0.39 is 158 Å². The number of amides is 4. The van der Waals surface area contributed by atoms with E-state index in [4.69, 9.17) is 41.0 Å². The van der Waals surface area contributed by atoms with E-state index >= 15 is 0 Å². The molecule has 4 N–H and O–H groups in total. The lowest BCUT2D eigenvalue weighted by Crippen LogP contribution is -2.57. The highest BCUT2D eigenvalue weighted by atomic mass is 35.5. The first-order valence-electron chi connectivity index (χ1n) is 35.8. The topological polar surface area (TPSA) is 343 Å². The van der Waals surface area contributed by atoms with Crippen LogP contribution in [-0.2, 0) is 62.7 Å². The third-order valence-electron chi connectivity index (χ3n) is 20.4. The van der Waals surface area contributed by atoms with E-state index in [1.165, 1.54) is 9.80 Å². The quantitative estimate of drug-likeness (QED) is 0.0299. The highest BCUT2D eigenvalue weighted by Crippen LogP contribution is 2.48. The number of halogens is 3. The van der Waals surface area contributed by atoms with Crippen LogP contribution < -0.4 is 35.3 Å². The first kappa shape index (κ1) is 88.7. The van der Waals surface area contributed by atoms with Crippen molar-refractivity contribution in [2.75, 3.05) is 52.0 Å². The third kappa shape index (κ3) is 22.1. The first-order valence-corrected chi connectivity index (χ1v) is 39.6. The maximum Gasteiger partial charge on any atom is 0.403 e. The van der Waals surface area contributed by atoms with Crippen LogP contribution >= 0.6 is 36.4 Å². The number of aromatic nitrogens is 2. The standard InChI is InChI=1S/C39H53N3O9S.C32H42N4O7S.C6H11ClO2.2ClH/c1-9-25-20-39(25,32(43)22-52(47,48)28-11-10-12-28)41-34(45)31-18-27(51-35-29-14-13-26(49-8)17-24(29)15-16-40-35)21-42(31)36(46)30(38(5,6)7)19-33(44)50-23-37(2,3)4;1-6-20-16-32(20,26(37)18-44(40,41)23-8-7-9-23)35-28(38)25-15-22(17-36(25)30(39)27(33)31(2,3)4)43-29-24-11-10-21(42-5)14-19(24)12-13-34-29;1-6(2,3)4-9-5(7)8;;/h9,13-17,25,27-28,30-31H,1,10-12,18-23H2,2-8H3,(H,41,45);6,10-14,20,22-23,25,27H,1,7-9,15-18,33H2,2-5H3,(H,35,38);4H2,1-3H3;2*1H/t25-,27-,30-,31+,39-;20-,22-,25+,27-,32-;;;/m11.../s1. The fraction of sp³-hybridized carbons (Fsp3) is 0.610. The molecule has 0 radical (unpaired) electrons. The van der Waals surface area contributed by atoms with Gasteiger partial charge in [0.2, 0.25) is 35.4 Å². The average molecular weight is 1590 g/mol. The number of hydrogen-bond acceptors (Lipinski definition) is 21. The summed E-state index contributed by atoms with van der Waals surface area (Å²) in [5.41, 5.74) is 1.30. The Morgan fingerprint density at radius 1 is 0.607 bits per heavy atom. The molecule has 25 nitrogen and oxygen atoms in total. The van der Waals surface area contributed by atoms with Crippen LogP contribution in [-0.4, -0.2) is 187 Å². The van der Waals surface area contributed by atoms with Crippen LogP contribution in [0.15, 0.2) is 86.2 Å². The molecule has 592 valence electrons. The summed E-state index contributed by atoms with van der Waals surface area (Å²) in [6.45, 7) is 31.1. The summed E-state index contributed by atoms with van der Waals surface area (Å²) in [7, 11) is -4.13. The number of nitrogens with zero attached hydrogens (tertiary/aromatic N) is 4. The number of nitrogens with two attached hydrogens (primary N) is 1. The normalized spacial score (nSPS) is 23.3. The molecule has 107 heavy (non-hydrogen) atoms. The molecular formula is C77H108Cl3N7O18S2. The number of carbonyl (C=O) groups is 8. The second kappa shape index (κ2) is 35.2. The van der Waals surface area contributed by atoms with Crippen LogP contribution in [0.3, 0.4) is 0 Å². The van der Waals surface area contributed by atoms with Gasteiger partial charge in [0, 0.05) is 59.4 Å². The summed E-state index contributed by atoms with van der Waals surface area (Å²) in [5, 5.41) is 7.82. The predicted molar refractivity (Wildman–Crippen MR) is 413 cm³/mol. The van der Waals surface area contributed by atoms with Crippen LogP contribution in [0.5, 0.6) is 23.3 Å². The van der Waals surface area contributed by atoms with Crippen molar-refractivity contribution in [1.29, 1.82) is 0 Å². The zero-order valence-electron chi connectivity index (χ0n) is 63.9. The largest absolute Gasteiger partial charge is 0.497 e. The molecule has 0 unspecified atom stereocenters. The Kier molecular flexibility index (Phi) is 29.2. The number of esters is 1. The highest BCUT2D eigenvalue weighted by Gasteiger charge is 2.63. The van der Waals surface area contributed by atoms with Gasteiger partial charge in [-0.15, -0.1) is 38.0 Å². The van der Waals surface area contributed by atoms with E-state index in [1.54, 1.807) is 50.9 Å². The average Bonchev–Trinajstić information content (AvgIpc) is 1.58. The number of ether oxygens (including phenoxy) is 6. The zero-order valence-corrected chi connectivity index (χ0v) is 67.9. The summed E-state index contributed by atoms with van der Waals surface area (Å²) in [4.78, 5) is 118. The second-order valence-corrected chi connectivity index (χ2v) is 38.1. The number of hydrogen-bond donors (Lipinski definition) is 3. The van der Waals surface area contributed by atoms with Crippen molar-refractivity contribution in [2.24, 2.45) is 45.1 Å². The van der Waals surface area contributed by atoms with E-state index in [0.717, 1.165) is 29.0 Å². The van der Waals surface area contributed by atoms with E-state index in [2.05, 4.69) is 38.5 Å². The summed E-state index contributed by atoms with van der Waals surface area (Å²) in [5.74, 6) is -4.61. The van der Waals surface area contributed by atoms with Gasteiger partial charge in [0.1, 0.15) is 58.4 Å². The van der Waals surface area contributed by atoms with Crippen molar-refractivity contribution in [3.63, 3.8) is 0 Å². The molecule has 4 saturated carbocycles. The minimum atomic E-state index is -3.67. The van der Waals surface area contributed by atoms with Gasteiger partial charge in [-0.2, -0.15) is 0 Å². The summed E-state index contributed by atoms with van der Waals surface area (Å²) >= 11 is 4.92. The van der Waals surface area contributed by atoms with Crippen molar-refractivity contribution in [3.8, 4) is 23.3 Å². The molecule has 2 aromatic heterocycles. The lowest BCUT2D eigenvalue weighted by Gasteiger charge is -2.35. The van der Waals surface area contributed by atoms with Gasteiger partial charge in [0.25, 0.3) is 0 Å². The Balaban J connectivity index is 0.000000298. The van der Waals surface area contributed by atoms with Gasteiger partial charge in [-0.3, -0.25) is 33.6 Å². The summed E-state index contributed by atoms with van der Waals surface area (Å²) < 4.78 is 85.2. The molecule has 4 heterocycles. The number of sulfone groups is 2. The number of carbonyl (C=O) groups excluding carboxylic acids is 8. The minimum Gasteiger partial charge on any atom is -0.497 e. The van der Waals surface area contributed by atoms with Crippen molar-refractivity contribution >= 4 is 124 Å². The summed E-state index contributed by atoms with van der Waals surface area (Å²) in [6, 6.07) is 11.7. The molecule has 6 fully saturated rings. The van der Waals surface area contributed by atoms with Gasteiger partial charge in [0.05, 0.1) is 69.4 Å². The molecule has 2 saturated heterocycles. The Morgan fingerprint density at radius 3 is 1.32 bits per heavy atom. The van der Waals surface area contributed by atoms with Crippen LogP contribution in [0.25, 0.3) is 21.5 Å². The lowest BCUT2D eigenvalue weighted by atomic mass is 9.77. The molecule has 0 spiro atoms. The third-order valence-corrected chi connectivity index (χ3v) is 24.8. The summed E-state index contributed by atoms with van der Waals surface area (Å²) in [6.07, 6.45) is 9.33. The monoisotopic (exact) mass is 1590 g/mol. The Morgan fingerprint density at radius 2 is 1.00 bits per heavy atom. The Hall–Kier alpha value is -7.17. The molecule has 30 heteroatoms. The van der Waals surface area contributed by atoms with Crippen molar-refractivity contribution in [3.05, 3.63) is 86.2 Å². The van der Waals surface area contributed by atoms with Gasteiger partial charge in [-0.1, -0.05) is 108 Å². The molecule has 4 aromatic rings. The maximum atomic E-state index is 14.6. The SMILES string of the molecule is C=C[C@@H]1C[C@]1(NC(=O)[C@@H]1C[C@@H](Oc2nccc3cc(OC)ccc23)CN1C(=O)[C@@H](CC(=O)OCC(C)(C)C)C(C)(C)C)C(=O)CS(=O)(=O)C1CCC1.C=C[C@@H]1C[C@]1(NC(=O)[C@@H]1C[C@@H](Oc2nccc3cc(OC)ccc23)CN1C(=O)[C@@H](N)C(C)(C)C)C(=O)CS(=O)(=O)C1CCC1.CC(C)(C)COC(=O)Cl.Cl.Cl. The molecule has 0 bridgehead atoms. The van der Waals surface area contributed by atoms with Crippen molar-refractivity contribution < 1.29 is 83.6 Å². The molecule has 10 atom stereocenters. The number of ketones is 2. The number of rotatable bonds is 26. The van der Waals surface area contributed by atoms with Crippen LogP contribution in [0.4, 0.5) is 4.79 Å². The highest BCUT2D eigenvalue weighted by molar-refractivity contribution is 7.93. The number of likely N-dealkylation sites (tertiary alicyclic amines) is 2. The van der Waals surface area contributed by atoms with Crippen LogP contribution in [0, 0.1) is 39.4 Å². The van der Waals surface area contributed by atoms with Gasteiger partial charge in [-0.05, 0) is 119 Å². The molecule has 2 aliphatic heterocycles. The van der Waals surface area contributed by atoms with Gasteiger partial charge in [-0.25, -0.2) is 31.6 Å². The number of fused-ring (bicyclic) bond motifs is 2. The zero-order chi connectivity index (χ0) is 77.7. The van der Waals surface area contributed by atoms with E-state index in [0.29, 0.717) is 60.9 Å². The molecule has 4 amide bonds. The number of pyridine rings is 2. The first-order chi connectivity index (χ1) is 48.9. The fourth-order valence-electron chi connectivity index (χ4n) is 13.2.